The molecule has 0 saturated carbocycles. The monoisotopic (exact) mass is 509 g/mol. The lowest BCUT2D eigenvalue weighted by Gasteiger charge is -2.35. The fourth-order valence-corrected chi connectivity index (χ4v) is 5.96. The molecule has 38 heavy (non-hydrogen) atoms. The highest BCUT2D eigenvalue weighted by Gasteiger charge is 2.27. The Morgan fingerprint density at radius 1 is 0.868 bits per heavy atom. The van der Waals surface area contributed by atoms with Gasteiger partial charge >= 0.3 is 0 Å². The molecule has 3 aromatic carbocycles. The molecule has 1 unspecified atom stereocenters. The van der Waals surface area contributed by atoms with Gasteiger partial charge in [-0.1, -0.05) is 67.6 Å². The molecule has 0 spiro atoms. The van der Waals surface area contributed by atoms with Crippen LogP contribution >= 0.6 is 0 Å². The Hall–Kier alpha value is -3.60. The SMILES string of the molecule is CCC(C(=O)Nc1ccc(N2CCC(Cc3ccccc3)CC2)c(C(=O)N2CCCC2)c1)c1ccccc1. The summed E-state index contributed by atoms with van der Waals surface area (Å²) in [7, 11) is 0. The molecule has 2 aliphatic rings. The third-order valence-corrected chi connectivity index (χ3v) is 8.14. The molecule has 1 atom stereocenters. The van der Waals surface area contributed by atoms with Crippen LogP contribution in [0.5, 0.6) is 0 Å². The van der Waals surface area contributed by atoms with Gasteiger partial charge in [-0.3, -0.25) is 9.59 Å². The van der Waals surface area contributed by atoms with E-state index in [4.69, 9.17) is 0 Å². The summed E-state index contributed by atoms with van der Waals surface area (Å²) in [5.41, 5.74) is 4.80. The molecule has 2 amide bonds. The van der Waals surface area contributed by atoms with Crippen molar-refractivity contribution in [3.63, 3.8) is 0 Å². The molecule has 2 aliphatic heterocycles. The molecule has 5 rings (SSSR count). The molecule has 0 bridgehead atoms. The lowest BCUT2D eigenvalue weighted by Crippen LogP contribution is -2.36. The number of amides is 2. The van der Waals surface area contributed by atoms with E-state index in [-0.39, 0.29) is 17.7 Å². The Balaban J connectivity index is 1.33. The van der Waals surface area contributed by atoms with Gasteiger partial charge in [-0.2, -0.15) is 0 Å². The summed E-state index contributed by atoms with van der Waals surface area (Å²) in [5.74, 6) is 0.481. The van der Waals surface area contributed by atoms with Crippen LogP contribution in [0.3, 0.4) is 0 Å². The Morgan fingerprint density at radius 2 is 1.53 bits per heavy atom. The predicted octanol–water partition coefficient (Wildman–Crippen LogP) is 6.51. The third kappa shape index (κ3) is 6.09. The Kier molecular flexibility index (Phi) is 8.42. The zero-order chi connectivity index (χ0) is 26.3. The van der Waals surface area contributed by atoms with E-state index in [1.54, 1.807) is 0 Å². The summed E-state index contributed by atoms with van der Waals surface area (Å²) in [4.78, 5) is 31.2. The number of piperidine rings is 1. The molecule has 5 nitrogen and oxygen atoms in total. The molecule has 1 N–H and O–H groups in total. The van der Waals surface area contributed by atoms with Gasteiger partial charge < -0.3 is 15.1 Å². The standard InChI is InChI=1S/C33H39N3O2/c1-2-29(27-13-7-4-8-14-27)32(37)34-28-15-16-31(30(24-28)33(38)36-19-9-10-20-36)35-21-17-26(18-22-35)23-25-11-5-3-6-12-25/h3-8,11-16,24,26,29H,2,9-10,17-23H2,1H3,(H,34,37). The molecular formula is C33H39N3O2. The summed E-state index contributed by atoms with van der Waals surface area (Å²) in [6.07, 6.45) is 6.15. The van der Waals surface area contributed by atoms with Crippen LogP contribution in [0.25, 0.3) is 0 Å². The van der Waals surface area contributed by atoms with E-state index >= 15 is 0 Å². The van der Waals surface area contributed by atoms with E-state index in [1.807, 2.05) is 60.4 Å². The van der Waals surface area contributed by atoms with Crippen molar-refractivity contribution in [1.82, 2.24) is 4.90 Å². The van der Waals surface area contributed by atoms with Crippen LogP contribution < -0.4 is 10.2 Å². The highest BCUT2D eigenvalue weighted by atomic mass is 16.2. The van der Waals surface area contributed by atoms with Gasteiger partial charge in [0.25, 0.3) is 5.91 Å². The first-order valence-electron chi connectivity index (χ1n) is 14.2. The van der Waals surface area contributed by atoms with E-state index < -0.39 is 0 Å². The second-order valence-corrected chi connectivity index (χ2v) is 10.7. The van der Waals surface area contributed by atoms with Crippen LogP contribution in [0, 0.1) is 5.92 Å². The number of nitrogens with zero attached hydrogens (tertiary/aromatic N) is 2. The van der Waals surface area contributed by atoms with Gasteiger partial charge in [-0.05, 0) is 73.8 Å². The minimum atomic E-state index is -0.225. The lowest BCUT2D eigenvalue weighted by atomic mass is 9.89. The molecule has 0 aliphatic carbocycles. The Labute approximate surface area is 226 Å². The summed E-state index contributed by atoms with van der Waals surface area (Å²) in [5, 5.41) is 3.11. The van der Waals surface area contributed by atoms with Crippen molar-refractivity contribution in [2.24, 2.45) is 5.92 Å². The zero-order valence-electron chi connectivity index (χ0n) is 22.4. The quantitative estimate of drug-likeness (QED) is 0.376. The Bertz CT molecular complexity index is 1210. The number of anilines is 2. The van der Waals surface area contributed by atoms with Crippen molar-refractivity contribution >= 4 is 23.2 Å². The van der Waals surface area contributed by atoms with Gasteiger partial charge in [0.1, 0.15) is 0 Å². The van der Waals surface area contributed by atoms with E-state index in [2.05, 4.69) is 40.5 Å². The third-order valence-electron chi connectivity index (χ3n) is 8.14. The van der Waals surface area contributed by atoms with Crippen LogP contribution in [0.2, 0.25) is 0 Å². The number of nitrogens with one attached hydrogen (secondary N) is 1. The first-order chi connectivity index (χ1) is 18.6. The van der Waals surface area contributed by atoms with Crippen LogP contribution in [-0.2, 0) is 11.2 Å². The molecule has 2 heterocycles. The number of hydrogen-bond acceptors (Lipinski definition) is 3. The average Bonchev–Trinajstić information content (AvgIpc) is 3.50. The Morgan fingerprint density at radius 3 is 2.18 bits per heavy atom. The number of likely N-dealkylation sites (tertiary alicyclic amines) is 1. The minimum Gasteiger partial charge on any atom is -0.371 e. The van der Waals surface area contributed by atoms with Crippen molar-refractivity contribution < 1.29 is 9.59 Å². The second-order valence-electron chi connectivity index (χ2n) is 10.7. The fourth-order valence-electron chi connectivity index (χ4n) is 5.96. The van der Waals surface area contributed by atoms with Crippen molar-refractivity contribution in [3.05, 3.63) is 95.6 Å². The number of hydrogen-bond donors (Lipinski definition) is 1. The second kappa shape index (κ2) is 12.3. The summed E-state index contributed by atoms with van der Waals surface area (Å²) in [6, 6.07) is 26.5. The van der Waals surface area contributed by atoms with Gasteiger partial charge in [0, 0.05) is 37.6 Å². The highest BCUT2D eigenvalue weighted by Crippen LogP contribution is 2.32. The first-order valence-corrected chi connectivity index (χ1v) is 14.2. The number of benzene rings is 3. The van der Waals surface area contributed by atoms with Gasteiger partial charge in [-0.25, -0.2) is 0 Å². The average molecular weight is 510 g/mol. The molecular weight excluding hydrogens is 470 g/mol. The van der Waals surface area contributed by atoms with Crippen molar-refractivity contribution in [2.75, 3.05) is 36.4 Å². The van der Waals surface area contributed by atoms with Crippen LogP contribution in [0.1, 0.15) is 66.4 Å². The first kappa shape index (κ1) is 26.0. The summed E-state index contributed by atoms with van der Waals surface area (Å²) in [6.45, 7) is 5.52. The van der Waals surface area contributed by atoms with Crippen molar-refractivity contribution in [3.8, 4) is 0 Å². The van der Waals surface area contributed by atoms with E-state index in [9.17, 15) is 9.59 Å². The highest BCUT2D eigenvalue weighted by molar-refractivity contribution is 6.03. The molecule has 2 saturated heterocycles. The topological polar surface area (TPSA) is 52.7 Å². The van der Waals surface area contributed by atoms with Gasteiger partial charge in [0.15, 0.2) is 0 Å². The molecule has 0 aromatic heterocycles. The summed E-state index contributed by atoms with van der Waals surface area (Å²) >= 11 is 0. The fraction of sp³-hybridized carbons (Fsp3) is 0.394. The van der Waals surface area contributed by atoms with Crippen LogP contribution in [0.4, 0.5) is 11.4 Å². The smallest absolute Gasteiger partial charge is 0.256 e. The van der Waals surface area contributed by atoms with E-state index in [0.29, 0.717) is 23.6 Å². The van der Waals surface area contributed by atoms with Crippen LogP contribution in [-0.4, -0.2) is 42.9 Å². The van der Waals surface area contributed by atoms with Crippen molar-refractivity contribution in [2.45, 2.75) is 51.4 Å². The maximum Gasteiger partial charge on any atom is 0.256 e. The largest absolute Gasteiger partial charge is 0.371 e. The molecule has 0 radical (unpaired) electrons. The minimum absolute atomic E-state index is 0.0345. The normalized spacial score (nSPS) is 16.9. The number of rotatable bonds is 8. The molecule has 198 valence electrons. The molecule has 2 fully saturated rings. The van der Waals surface area contributed by atoms with Crippen LogP contribution in [0.15, 0.2) is 78.9 Å². The molecule has 3 aromatic rings. The van der Waals surface area contributed by atoms with Gasteiger partial charge in [-0.15, -0.1) is 0 Å². The lowest BCUT2D eigenvalue weighted by molar-refractivity contribution is -0.117. The number of carbonyl (C=O) groups is 2. The van der Waals surface area contributed by atoms with E-state index in [1.165, 1.54) is 5.56 Å². The molecule has 5 heteroatoms. The predicted molar refractivity (Wildman–Crippen MR) is 155 cm³/mol. The van der Waals surface area contributed by atoms with Crippen molar-refractivity contribution in [1.29, 1.82) is 0 Å². The summed E-state index contributed by atoms with van der Waals surface area (Å²) < 4.78 is 0. The maximum absolute atomic E-state index is 13.7. The van der Waals surface area contributed by atoms with E-state index in [0.717, 1.165) is 69.5 Å². The maximum atomic E-state index is 13.7. The number of carbonyl (C=O) groups excluding carboxylic acids is 2. The van der Waals surface area contributed by atoms with Gasteiger partial charge in [0.05, 0.1) is 11.5 Å². The van der Waals surface area contributed by atoms with Gasteiger partial charge in [0.2, 0.25) is 5.91 Å². The zero-order valence-corrected chi connectivity index (χ0v) is 22.4.